The summed E-state index contributed by atoms with van der Waals surface area (Å²) in [6, 6.07) is 11.9. The van der Waals surface area contributed by atoms with Gasteiger partial charge in [-0.25, -0.2) is 19.0 Å². The van der Waals surface area contributed by atoms with Crippen molar-refractivity contribution in [2.75, 3.05) is 5.32 Å². The first-order valence-electron chi connectivity index (χ1n) is 12.1. The van der Waals surface area contributed by atoms with Crippen molar-refractivity contribution in [1.29, 1.82) is 0 Å². The van der Waals surface area contributed by atoms with Gasteiger partial charge in [-0.05, 0) is 54.8 Å². The lowest BCUT2D eigenvalue weighted by atomic mass is 9.92. The van der Waals surface area contributed by atoms with Gasteiger partial charge in [0.15, 0.2) is 0 Å². The molecular formula is C28H30FN5O2S. The van der Waals surface area contributed by atoms with Crippen molar-refractivity contribution in [1.82, 2.24) is 19.7 Å². The number of anilines is 1. The molecular weight excluding hydrogens is 489 g/mol. The van der Waals surface area contributed by atoms with Crippen molar-refractivity contribution in [2.45, 2.75) is 58.8 Å². The number of ketones is 1. The number of hydrogen-bond donors (Lipinski definition) is 1. The number of rotatable bonds is 9. The molecule has 3 heterocycles. The minimum Gasteiger partial charge on any atom is -0.311 e. The molecule has 0 unspecified atom stereocenters. The maximum Gasteiger partial charge on any atom is 0.222 e. The maximum atomic E-state index is 13.9. The SMILES string of the molecule is CC(=O)Nc1cc(CCc2cnc(CC(=O)Cc3cc(C(C)(C)C)nn3-c3cccc(F)c3)s2)ccn1. The largest absolute Gasteiger partial charge is 0.311 e. The molecule has 0 saturated carbocycles. The smallest absolute Gasteiger partial charge is 0.222 e. The van der Waals surface area contributed by atoms with E-state index in [2.05, 4.69) is 41.2 Å². The number of hydrogen-bond acceptors (Lipinski definition) is 6. The lowest BCUT2D eigenvalue weighted by Gasteiger charge is -2.14. The number of aromatic nitrogens is 4. The second kappa shape index (κ2) is 11.1. The van der Waals surface area contributed by atoms with Crippen LogP contribution in [0.4, 0.5) is 10.2 Å². The van der Waals surface area contributed by atoms with Gasteiger partial charge in [-0.3, -0.25) is 9.59 Å². The number of thiazole rings is 1. The number of aryl methyl sites for hydroxylation is 2. The minimum absolute atomic E-state index is 0.0213. The Morgan fingerprint density at radius 2 is 1.86 bits per heavy atom. The molecule has 192 valence electrons. The van der Waals surface area contributed by atoms with Crippen LogP contribution in [0, 0.1) is 5.82 Å². The number of nitrogens with one attached hydrogen (secondary N) is 1. The standard InChI is InChI=1S/C28H30FN5O2S/c1-18(35)32-26-12-19(10-11-30-26)8-9-24-17-31-27(37-24)16-23(36)14-22-15-25(28(2,3)4)33-34(22)21-7-5-6-20(29)13-21/h5-7,10-13,15,17H,8-9,14,16H2,1-4H3,(H,30,32,35). The van der Waals surface area contributed by atoms with Crippen LogP contribution in [0.15, 0.2) is 54.9 Å². The molecule has 0 saturated heterocycles. The maximum absolute atomic E-state index is 13.9. The highest BCUT2D eigenvalue weighted by Crippen LogP contribution is 2.25. The van der Waals surface area contributed by atoms with E-state index in [9.17, 15) is 14.0 Å². The Bertz CT molecular complexity index is 1420. The summed E-state index contributed by atoms with van der Waals surface area (Å²) >= 11 is 1.53. The van der Waals surface area contributed by atoms with Crippen LogP contribution in [0.5, 0.6) is 0 Å². The van der Waals surface area contributed by atoms with Crippen molar-refractivity contribution >= 4 is 28.8 Å². The van der Waals surface area contributed by atoms with E-state index in [1.807, 2.05) is 24.4 Å². The zero-order valence-electron chi connectivity index (χ0n) is 21.4. The number of halogens is 1. The molecule has 0 aliphatic rings. The van der Waals surface area contributed by atoms with Crippen molar-refractivity contribution in [2.24, 2.45) is 0 Å². The van der Waals surface area contributed by atoms with Gasteiger partial charge in [0.2, 0.25) is 5.91 Å². The number of Topliss-reactive ketones (excluding diaryl/α,β-unsaturated/α-hetero) is 1. The molecule has 0 fully saturated rings. The van der Waals surface area contributed by atoms with E-state index in [-0.39, 0.29) is 35.8 Å². The second-order valence-electron chi connectivity index (χ2n) is 10.0. The number of amides is 1. The molecule has 0 radical (unpaired) electrons. The molecule has 37 heavy (non-hydrogen) atoms. The summed E-state index contributed by atoms with van der Waals surface area (Å²) in [7, 11) is 0. The zero-order chi connectivity index (χ0) is 26.6. The topological polar surface area (TPSA) is 89.8 Å². The first-order chi connectivity index (χ1) is 17.6. The predicted molar refractivity (Wildman–Crippen MR) is 143 cm³/mol. The van der Waals surface area contributed by atoms with Crippen molar-refractivity contribution in [3.63, 3.8) is 0 Å². The van der Waals surface area contributed by atoms with Crippen LogP contribution in [0.1, 0.15) is 54.5 Å². The lowest BCUT2D eigenvalue weighted by molar-refractivity contribution is -0.118. The van der Waals surface area contributed by atoms with Crippen molar-refractivity contribution in [3.05, 3.63) is 87.5 Å². The van der Waals surface area contributed by atoms with Gasteiger partial charge in [-0.1, -0.05) is 26.8 Å². The highest BCUT2D eigenvalue weighted by Gasteiger charge is 2.22. The van der Waals surface area contributed by atoms with Gasteiger partial charge in [0, 0.05) is 36.0 Å². The van der Waals surface area contributed by atoms with E-state index in [0.29, 0.717) is 11.5 Å². The first-order valence-corrected chi connectivity index (χ1v) is 12.9. The summed E-state index contributed by atoms with van der Waals surface area (Å²) in [5, 5.41) is 8.15. The molecule has 4 rings (SSSR count). The Morgan fingerprint density at radius 3 is 2.59 bits per heavy atom. The van der Waals surface area contributed by atoms with Gasteiger partial charge < -0.3 is 5.32 Å². The van der Waals surface area contributed by atoms with Gasteiger partial charge in [0.1, 0.15) is 22.4 Å². The Kier molecular flexibility index (Phi) is 7.92. The van der Waals surface area contributed by atoms with Gasteiger partial charge in [-0.2, -0.15) is 5.10 Å². The fourth-order valence-corrected chi connectivity index (χ4v) is 4.82. The molecule has 9 heteroatoms. The fourth-order valence-electron chi connectivity index (χ4n) is 3.87. The van der Waals surface area contributed by atoms with E-state index < -0.39 is 0 Å². The summed E-state index contributed by atoms with van der Waals surface area (Å²) < 4.78 is 15.5. The summed E-state index contributed by atoms with van der Waals surface area (Å²) in [6.07, 6.45) is 5.45. The molecule has 4 aromatic rings. The molecule has 7 nitrogen and oxygen atoms in total. The molecule has 1 N–H and O–H groups in total. The Labute approximate surface area is 219 Å². The van der Waals surface area contributed by atoms with Crippen LogP contribution >= 0.6 is 11.3 Å². The van der Waals surface area contributed by atoms with Crippen LogP contribution < -0.4 is 5.32 Å². The van der Waals surface area contributed by atoms with E-state index in [1.165, 1.54) is 30.4 Å². The predicted octanol–water partition coefficient (Wildman–Crippen LogP) is 5.26. The monoisotopic (exact) mass is 519 g/mol. The van der Waals surface area contributed by atoms with Crippen molar-refractivity contribution < 1.29 is 14.0 Å². The van der Waals surface area contributed by atoms with Crippen LogP contribution in [0.3, 0.4) is 0 Å². The molecule has 1 amide bonds. The van der Waals surface area contributed by atoms with E-state index in [4.69, 9.17) is 0 Å². The minimum atomic E-state index is -0.351. The van der Waals surface area contributed by atoms with Gasteiger partial charge in [0.25, 0.3) is 0 Å². The van der Waals surface area contributed by atoms with Crippen molar-refractivity contribution in [3.8, 4) is 5.69 Å². The third kappa shape index (κ3) is 7.16. The first kappa shape index (κ1) is 26.3. The number of carbonyl (C=O) groups excluding carboxylic acids is 2. The number of carbonyl (C=O) groups is 2. The quantitative estimate of drug-likeness (QED) is 0.326. The van der Waals surface area contributed by atoms with Crippen LogP contribution in [0.2, 0.25) is 0 Å². The van der Waals surface area contributed by atoms with Gasteiger partial charge >= 0.3 is 0 Å². The molecule has 0 aliphatic carbocycles. The molecule has 0 spiro atoms. The number of nitrogens with zero attached hydrogens (tertiary/aromatic N) is 4. The number of pyridine rings is 1. The summed E-state index contributed by atoms with van der Waals surface area (Å²) in [4.78, 5) is 34.0. The van der Waals surface area contributed by atoms with Crippen LogP contribution in [-0.4, -0.2) is 31.4 Å². The number of benzene rings is 1. The summed E-state index contributed by atoms with van der Waals surface area (Å²) in [5.74, 6) is 0.0479. The zero-order valence-corrected chi connectivity index (χ0v) is 22.2. The molecule has 0 atom stereocenters. The average Bonchev–Trinajstić information content (AvgIpc) is 3.44. The van der Waals surface area contributed by atoms with Crippen LogP contribution in [-0.2, 0) is 40.7 Å². The van der Waals surface area contributed by atoms with E-state index >= 15 is 0 Å². The lowest BCUT2D eigenvalue weighted by Crippen LogP contribution is -2.13. The van der Waals surface area contributed by atoms with Gasteiger partial charge in [-0.15, -0.1) is 11.3 Å². The molecule has 1 aromatic carbocycles. The third-order valence-corrected chi connectivity index (χ3v) is 6.78. The third-order valence-electron chi connectivity index (χ3n) is 5.72. The van der Waals surface area contributed by atoms with Crippen LogP contribution in [0.25, 0.3) is 5.69 Å². The van der Waals surface area contributed by atoms with E-state index in [0.717, 1.165) is 39.7 Å². The molecule has 3 aromatic heterocycles. The summed E-state index contributed by atoms with van der Waals surface area (Å²) in [5.41, 5.74) is 3.01. The Morgan fingerprint density at radius 1 is 1.05 bits per heavy atom. The van der Waals surface area contributed by atoms with Gasteiger partial charge in [0.05, 0.1) is 23.5 Å². The normalized spacial score (nSPS) is 11.5. The second-order valence-corrected chi connectivity index (χ2v) is 11.2. The highest BCUT2D eigenvalue weighted by molar-refractivity contribution is 7.11. The highest BCUT2D eigenvalue weighted by atomic mass is 32.1. The summed E-state index contributed by atoms with van der Waals surface area (Å²) in [6.45, 7) is 7.62. The average molecular weight is 520 g/mol. The molecule has 0 aliphatic heterocycles. The Hall–Kier alpha value is -3.72. The Balaban J connectivity index is 1.42. The fraction of sp³-hybridized carbons (Fsp3) is 0.321. The van der Waals surface area contributed by atoms with E-state index in [1.54, 1.807) is 23.0 Å². The molecule has 0 bridgehead atoms.